The minimum Gasteiger partial charge on any atom is -0.547 e. The van der Waals surface area contributed by atoms with E-state index >= 15 is 0 Å². The van der Waals surface area contributed by atoms with Crippen molar-refractivity contribution in [1.82, 2.24) is 0 Å². The van der Waals surface area contributed by atoms with E-state index in [-0.39, 0.29) is 56.9 Å². The zero-order valence-electron chi connectivity index (χ0n) is 6.18. The Kier molecular flexibility index (Phi) is 13.0. The molecule has 0 aromatic rings. The molecular weight excluding hydrogens is 374 g/mol. The van der Waals surface area contributed by atoms with Crippen molar-refractivity contribution in [3.05, 3.63) is 0 Å². The molecule has 8 heteroatoms. The summed E-state index contributed by atoms with van der Waals surface area (Å²) in [6.07, 6.45) is -4.88. The summed E-state index contributed by atoms with van der Waals surface area (Å²) in [6, 6.07) is 0. The zero-order valence-corrected chi connectivity index (χ0v) is 12.1. The van der Waals surface area contributed by atoms with Crippen LogP contribution in [0.4, 0.5) is 0 Å². The van der Waals surface area contributed by atoms with Crippen molar-refractivity contribution in [2.75, 3.05) is 0 Å². The first-order valence-corrected chi connectivity index (χ1v) is 2.24. The van der Waals surface area contributed by atoms with Crippen LogP contribution in [0.1, 0.15) is 0 Å². The predicted octanol–water partition coefficient (Wildman–Crippen LogP) is -8.17. The monoisotopic (exact) mass is 379 g/mol. The van der Waals surface area contributed by atoms with Gasteiger partial charge in [-0.25, -0.2) is 0 Å². The molecule has 0 aromatic heterocycles. The normalized spacial score (nSPS) is 13.2. The minimum atomic E-state index is -2.44. The predicted molar refractivity (Wildman–Crippen MR) is 27.8 cm³/mol. The standard InChI is InChI=1S/C4H6O6.Na.Pb/c5-1(3(7)8)2(6)4(9)10;;/h1-2,5-6H,(H,7,8)(H,9,10);;/q;+1;+2/p-2. The van der Waals surface area contributed by atoms with E-state index < -0.39 is 24.1 Å². The summed E-state index contributed by atoms with van der Waals surface area (Å²) < 4.78 is 0. The summed E-state index contributed by atoms with van der Waals surface area (Å²) in [4.78, 5) is 19.3. The summed E-state index contributed by atoms with van der Waals surface area (Å²) in [6.45, 7) is 0. The van der Waals surface area contributed by atoms with Crippen molar-refractivity contribution in [3.63, 3.8) is 0 Å². The van der Waals surface area contributed by atoms with Crippen LogP contribution in [0, 0.1) is 0 Å². The third-order valence-electron chi connectivity index (χ3n) is 0.782. The number of carboxylic acid groups (broad SMARTS) is 2. The van der Waals surface area contributed by atoms with Crippen LogP contribution < -0.4 is 39.8 Å². The maximum absolute atomic E-state index is 9.63. The smallest absolute Gasteiger partial charge is 0.547 e. The van der Waals surface area contributed by atoms with Gasteiger partial charge in [-0.1, -0.05) is 0 Å². The Bertz CT molecular complexity index is 144. The molecule has 2 N–H and O–H groups in total. The molecule has 0 rings (SSSR count). The maximum Gasteiger partial charge on any atom is 2.00 e. The van der Waals surface area contributed by atoms with Crippen LogP contribution in [-0.4, -0.2) is 61.7 Å². The molecule has 0 aliphatic carbocycles. The van der Waals surface area contributed by atoms with Crippen molar-refractivity contribution in [3.8, 4) is 0 Å². The third-order valence-corrected chi connectivity index (χ3v) is 0.782. The number of aliphatic hydroxyl groups excluding tert-OH is 2. The van der Waals surface area contributed by atoms with Gasteiger partial charge in [-0.15, -0.1) is 0 Å². The number of carbonyl (C=O) groups is 2. The van der Waals surface area contributed by atoms with Crippen LogP contribution >= 0.6 is 0 Å². The Labute approximate surface area is 110 Å². The van der Waals surface area contributed by atoms with Crippen molar-refractivity contribution in [2.45, 2.75) is 12.2 Å². The molecule has 0 amide bonds. The molecule has 60 valence electrons. The quantitative estimate of drug-likeness (QED) is 0.471. The van der Waals surface area contributed by atoms with Crippen LogP contribution in [0.2, 0.25) is 0 Å². The van der Waals surface area contributed by atoms with Gasteiger partial charge in [0.15, 0.2) is 0 Å². The van der Waals surface area contributed by atoms with Crippen LogP contribution in [0.3, 0.4) is 0 Å². The molecule has 0 heterocycles. The van der Waals surface area contributed by atoms with E-state index in [1.54, 1.807) is 0 Å². The molecule has 2 atom stereocenters. The number of aliphatic hydroxyl groups is 2. The Morgan fingerprint density at radius 3 is 1.25 bits per heavy atom. The number of rotatable bonds is 3. The van der Waals surface area contributed by atoms with Gasteiger partial charge in [0.1, 0.15) is 12.2 Å². The average Bonchev–Trinajstić information content (AvgIpc) is 1.84. The van der Waals surface area contributed by atoms with Gasteiger partial charge in [0, 0.05) is 0 Å². The van der Waals surface area contributed by atoms with Gasteiger partial charge in [-0.3, -0.25) is 0 Å². The fourth-order valence-corrected chi connectivity index (χ4v) is 0.258. The van der Waals surface area contributed by atoms with E-state index in [1.807, 2.05) is 0 Å². The van der Waals surface area contributed by atoms with Crippen LogP contribution in [-0.2, 0) is 9.59 Å². The molecular formula is C4H4NaO6Pb+. The van der Waals surface area contributed by atoms with Gasteiger partial charge >= 0.3 is 56.9 Å². The van der Waals surface area contributed by atoms with E-state index in [4.69, 9.17) is 10.2 Å². The van der Waals surface area contributed by atoms with E-state index in [0.717, 1.165) is 0 Å². The van der Waals surface area contributed by atoms with Crippen LogP contribution in [0.5, 0.6) is 0 Å². The molecule has 6 nitrogen and oxygen atoms in total. The van der Waals surface area contributed by atoms with Crippen molar-refractivity contribution in [1.29, 1.82) is 0 Å². The van der Waals surface area contributed by atoms with Gasteiger partial charge in [-0.05, 0) is 0 Å². The molecule has 0 fully saturated rings. The van der Waals surface area contributed by atoms with Gasteiger partial charge in [0.05, 0.1) is 11.9 Å². The number of carboxylic acids is 2. The first-order valence-electron chi connectivity index (χ1n) is 2.24. The first-order chi connectivity index (χ1) is 4.46. The van der Waals surface area contributed by atoms with Crippen molar-refractivity contribution < 1.29 is 59.6 Å². The maximum atomic E-state index is 9.63. The minimum absolute atomic E-state index is 0. The molecule has 2 radical (unpaired) electrons. The summed E-state index contributed by atoms with van der Waals surface area (Å²) in [5, 5.41) is 35.7. The Morgan fingerprint density at radius 1 is 1.00 bits per heavy atom. The second-order valence-corrected chi connectivity index (χ2v) is 1.53. The number of aliphatic carboxylic acids is 2. The molecule has 0 aliphatic heterocycles. The second kappa shape index (κ2) is 8.38. The molecule has 12 heavy (non-hydrogen) atoms. The Hall–Kier alpha value is 0.782. The molecule has 0 aromatic carbocycles. The summed E-state index contributed by atoms with van der Waals surface area (Å²) in [7, 11) is 0. The molecule has 2 unspecified atom stereocenters. The van der Waals surface area contributed by atoms with E-state index in [1.165, 1.54) is 0 Å². The zero-order chi connectivity index (χ0) is 8.31. The summed E-state index contributed by atoms with van der Waals surface area (Å²) >= 11 is 0. The SMILES string of the molecule is O=C([O-])C(O)C(O)C(=O)[O-].[Na+].[Pb+2]. The van der Waals surface area contributed by atoms with Gasteiger partial charge in [-0.2, -0.15) is 0 Å². The van der Waals surface area contributed by atoms with E-state index in [2.05, 4.69) is 0 Å². The third kappa shape index (κ3) is 6.31. The van der Waals surface area contributed by atoms with E-state index in [9.17, 15) is 19.8 Å². The fraction of sp³-hybridized carbons (Fsp3) is 0.500. The van der Waals surface area contributed by atoms with Gasteiger partial charge < -0.3 is 30.0 Å². The second-order valence-electron chi connectivity index (χ2n) is 1.53. The summed E-state index contributed by atoms with van der Waals surface area (Å²) in [5.41, 5.74) is 0. The largest absolute Gasteiger partial charge is 2.00 e. The first kappa shape index (κ1) is 18.5. The van der Waals surface area contributed by atoms with E-state index in [0.29, 0.717) is 0 Å². The molecule has 0 saturated heterocycles. The molecule has 0 spiro atoms. The molecule has 0 aliphatic rings. The van der Waals surface area contributed by atoms with Crippen molar-refractivity contribution >= 4 is 39.2 Å². The average molecular weight is 378 g/mol. The fourth-order valence-electron chi connectivity index (χ4n) is 0.258. The topological polar surface area (TPSA) is 121 Å². The van der Waals surface area contributed by atoms with Crippen LogP contribution in [0.25, 0.3) is 0 Å². The van der Waals surface area contributed by atoms with Gasteiger partial charge in [0.2, 0.25) is 0 Å². The number of hydrogen-bond donors (Lipinski definition) is 2. The molecule has 0 bridgehead atoms. The summed E-state index contributed by atoms with van der Waals surface area (Å²) in [5.74, 6) is -4.12. The molecule has 0 saturated carbocycles. The van der Waals surface area contributed by atoms with Gasteiger partial charge in [0.25, 0.3) is 0 Å². The Morgan fingerprint density at radius 2 is 1.17 bits per heavy atom. The number of hydrogen-bond acceptors (Lipinski definition) is 6. The Balaban J connectivity index is -0.000000405. The number of carbonyl (C=O) groups excluding carboxylic acids is 2. The van der Waals surface area contributed by atoms with Crippen molar-refractivity contribution in [2.24, 2.45) is 0 Å². The van der Waals surface area contributed by atoms with Crippen LogP contribution in [0.15, 0.2) is 0 Å².